The van der Waals surface area contributed by atoms with Crippen LogP contribution in [0.4, 0.5) is 14.5 Å². The number of nitriles is 1. The number of aromatic nitrogens is 2. The topological polar surface area (TPSA) is 97.2 Å². The number of halogens is 2. The SMILES string of the molecule is COc1ncc(-c2c(-c3ccc(C#N)c(F)c3)cc(N3CC[C@@H](N)C3)c(=O)n2C)cc1F. The Hall–Kier alpha value is -3.77. The number of methoxy groups -OCH3 is 1. The molecule has 0 amide bonds. The quantitative estimate of drug-likeness (QED) is 0.674. The summed E-state index contributed by atoms with van der Waals surface area (Å²) in [4.78, 5) is 19.1. The predicted molar refractivity (Wildman–Crippen MR) is 116 cm³/mol. The highest BCUT2D eigenvalue weighted by Gasteiger charge is 2.25. The Kier molecular flexibility index (Phi) is 5.63. The van der Waals surface area contributed by atoms with Gasteiger partial charge in [-0.05, 0) is 36.2 Å². The van der Waals surface area contributed by atoms with Gasteiger partial charge >= 0.3 is 0 Å². The molecule has 1 saturated heterocycles. The Labute approximate surface area is 183 Å². The van der Waals surface area contributed by atoms with Gasteiger partial charge in [-0.25, -0.2) is 13.8 Å². The molecule has 1 atom stereocenters. The van der Waals surface area contributed by atoms with Crippen molar-refractivity contribution in [3.05, 3.63) is 64.1 Å². The highest BCUT2D eigenvalue weighted by molar-refractivity contribution is 5.83. The van der Waals surface area contributed by atoms with E-state index in [0.717, 1.165) is 6.42 Å². The summed E-state index contributed by atoms with van der Waals surface area (Å²) < 4.78 is 35.2. The summed E-state index contributed by atoms with van der Waals surface area (Å²) in [6.45, 7) is 1.14. The van der Waals surface area contributed by atoms with Crippen molar-refractivity contribution < 1.29 is 13.5 Å². The molecule has 1 aliphatic rings. The van der Waals surface area contributed by atoms with Crippen LogP contribution in [0.5, 0.6) is 5.88 Å². The maximum Gasteiger partial charge on any atom is 0.274 e. The van der Waals surface area contributed by atoms with E-state index in [2.05, 4.69) is 4.98 Å². The third-order valence-corrected chi connectivity index (χ3v) is 5.64. The predicted octanol–water partition coefficient (Wildman–Crippen LogP) is 2.81. The number of ether oxygens (including phenoxy) is 1. The number of rotatable bonds is 4. The number of anilines is 1. The van der Waals surface area contributed by atoms with Crippen LogP contribution >= 0.6 is 0 Å². The molecule has 9 heteroatoms. The number of hydrogen-bond acceptors (Lipinski definition) is 6. The van der Waals surface area contributed by atoms with Gasteiger partial charge in [0.1, 0.15) is 17.6 Å². The molecule has 1 aromatic carbocycles. The van der Waals surface area contributed by atoms with Crippen LogP contribution in [0.15, 0.2) is 41.3 Å². The molecule has 1 fully saturated rings. The molecule has 2 aromatic heterocycles. The van der Waals surface area contributed by atoms with Crippen LogP contribution in [-0.4, -0.2) is 35.8 Å². The minimum atomic E-state index is -0.691. The molecular weight excluding hydrogens is 416 g/mol. The summed E-state index contributed by atoms with van der Waals surface area (Å²) in [6.07, 6.45) is 2.14. The fourth-order valence-electron chi connectivity index (χ4n) is 4.00. The largest absolute Gasteiger partial charge is 0.479 e. The van der Waals surface area contributed by atoms with Crippen molar-refractivity contribution >= 4 is 5.69 Å². The lowest BCUT2D eigenvalue weighted by Crippen LogP contribution is -2.33. The summed E-state index contributed by atoms with van der Waals surface area (Å²) in [5, 5.41) is 9.07. The zero-order valence-electron chi connectivity index (χ0n) is 17.6. The molecule has 0 spiro atoms. The lowest BCUT2D eigenvalue weighted by atomic mass is 9.97. The third kappa shape index (κ3) is 3.69. The van der Waals surface area contributed by atoms with Crippen molar-refractivity contribution in [2.75, 3.05) is 25.1 Å². The average Bonchev–Trinajstić information content (AvgIpc) is 3.21. The number of hydrogen-bond donors (Lipinski definition) is 1. The minimum absolute atomic E-state index is 0.0462. The van der Waals surface area contributed by atoms with Crippen molar-refractivity contribution in [1.29, 1.82) is 5.26 Å². The van der Waals surface area contributed by atoms with E-state index in [4.69, 9.17) is 15.7 Å². The zero-order valence-corrected chi connectivity index (χ0v) is 17.6. The summed E-state index contributed by atoms with van der Waals surface area (Å²) in [6, 6.07) is 8.83. The molecule has 0 bridgehead atoms. The monoisotopic (exact) mass is 437 g/mol. The van der Waals surface area contributed by atoms with Crippen molar-refractivity contribution in [3.63, 3.8) is 0 Å². The second-order valence-electron chi connectivity index (χ2n) is 7.67. The maximum atomic E-state index is 14.5. The minimum Gasteiger partial charge on any atom is -0.479 e. The van der Waals surface area contributed by atoms with Crippen molar-refractivity contribution in [2.24, 2.45) is 12.8 Å². The molecule has 1 aliphatic heterocycles. The van der Waals surface area contributed by atoms with Gasteiger partial charge in [0.25, 0.3) is 5.56 Å². The van der Waals surface area contributed by atoms with Gasteiger partial charge in [0.2, 0.25) is 5.88 Å². The standard InChI is InChI=1S/C23H21F2N5O2/c1-29-21(15-8-19(25)22(32-2)28-11-15)17(13-3-4-14(10-26)18(24)7-13)9-20(23(29)31)30-6-5-16(27)12-30/h3-4,7-9,11,16H,5-6,12,27H2,1-2H3/t16-/m1/s1. The highest BCUT2D eigenvalue weighted by Crippen LogP contribution is 2.35. The molecule has 32 heavy (non-hydrogen) atoms. The molecule has 7 nitrogen and oxygen atoms in total. The van der Waals surface area contributed by atoms with Gasteiger partial charge < -0.3 is 19.9 Å². The van der Waals surface area contributed by atoms with Gasteiger partial charge in [-0.2, -0.15) is 5.26 Å². The summed E-state index contributed by atoms with van der Waals surface area (Å²) in [5.74, 6) is -1.55. The van der Waals surface area contributed by atoms with Crippen LogP contribution in [0.1, 0.15) is 12.0 Å². The first-order valence-electron chi connectivity index (χ1n) is 9.98. The van der Waals surface area contributed by atoms with Crippen molar-refractivity contribution in [2.45, 2.75) is 12.5 Å². The summed E-state index contributed by atoms with van der Waals surface area (Å²) >= 11 is 0. The normalized spacial score (nSPS) is 15.6. The molecule has 4 rings (SSSR count). The Morgan fingerprint density at radius 1 is 1.22 bits per heavy atom. The fraction of sp³-hybridized carbons (Fsp3) is 0.261. The first-order valence-corrected chi connectivity index (χ1v) is 9.98. The van der Waals surface area contributed by atoms with E-state index in [1.807, 2.05) is 4.90 Å². The van der Waals surface area contributed by atoms with Gasteiger partial charge in [0.15, 0.2) is 5.82 Å². The number of pyridine rings is 2. The van der Waals surface area contributed by atoms with Crippen LogP contribution in [-0.2, 0) is 7.05 Å². The summed E-state index contributed by atoms with van der Waals surface area (Å²) in [7, 11) is 2.88. The van der Waals surface area contributed by atoms with Gasteiger partial charge in [-0.1, -0.05) is 6.07 Å². The summed E-state index contributed by atoms with van der Waals surface area (Å²) in [5.41, 5.74) is 7.69. The van der Waals surface area contributed by atoms with Crippen LogP contribution in [0.3, 0.4) is 0 Å². The molecule has 0 radical (unpaired) electrons. The van der Waals surface area contributed by atoms with Gasteiger partial charge in [-0.15, -0.1) is 0 Å². The van der Waals surface area contributed by atoms with Crippen molar-refractivity contribution in [3.8, 4) is 34.3 Å². The Morgan fingerprint density at radius 3 is 2.56 bits per heavy atom. The first kappa shape index (κ1) is 21.5. The van der Waals surface area contributed by atoms with Gasteiger partial charge in [0, 0.05) is 43.5 Å². The molecule has 0 saturated carbocycles. The van der Waals surface area contributed by atoms with E-state index in [1.165, 1.54) is 36.1 Å². The van der Waals surface area contributed by atoms with E-state index in [1.54, 1.807) is 25.2 Å². The van der Waals surface area contributed by atoms with Crippen LogP contribution in [0.25, 0.3) is 22.4 Å². The van der Waals surface area contributed by atoms with Crippen LogP contribution < -0.4 is 20.9 Å². The average molecular weight is 437 g/mol. The zero-order chi connectivity index (χ0) is 23.0. The lowest BCUT2D eigenvalue weighted by molar-refractivity contribution is 0.369. The van der Waals surface area contributed by atoms with Crippen LogP contribution in [0, 0.1) is 23.0 Å². The Balaban J connectivity index is 1.99. The van der Waals surface area contributed by atoms with Gasteiger partial charge in [-0.3, -0.25) is 4.79 Å². The maximum absolute atomic E-state index is 14.5. The molecular formula is C23H21F2N5O2. The van der Waals surface area contributed by atoms with Gasteiger partial charge in [0.05, 0.1) is 18.4 Å². The third-order valence-electron chi connectivity index (χ3n) is 5.64. The molecule has 2 N–H and O–H groups in total. The number of benzene rings is 1. The van der Waals surface area contributed by atoms with E-state index in [0.29, 0.717) is 41.2 Å². The van der Waals surface area contributed by atoms with E-state index in [-0.39, 0.29) is 23.0 Å². The molecule has 164 valence electrons. The van der Waals surface area contributed by atoms with Crippen LogP contribution in [0.2, 0.25) is 0 Å². The molecule has 3 heterocycles. The van der Waals surface area contributed by atoms with E-state index < -0.39 is 11.6 Å². The Bertz CT molecular complexity index is 1300. The van der Waals surface area contributed by atoms with E-state index >= 15 is 0 Å². The number of nitrogens with zero attached hydrogens (tertiary/aromatic N) is 4. The van der Waals surface area contributed by atoms with Crippen molar-refractivity contribution in [1.82, 2.24) is 9.55 Å². The second-order valence-corrected chi connectivity index (χ2v) is 7.67. The molecule has 3 aromatic rings. The smallest absolute Gasteiger partial charge is 0.274 e. The molecule has 0 aliphatic carbocycles. The molecule has 0 unspecified atom stereocenters. The first-order chi connectivity index (χ1) is 15.3. The highest BCUT2D eigenvalue weighted by atomic mass is 19.1. The lowest BCUT2D eigenvalue weighted by Gasteiger charge is -2.22. The Morgan fingerprint density at radius 2 is 1.97 bits per heavy atom. The van der Waals surface area contributed by atoms with E-state index in [9.17, 15) is 13.6 Å². The second kappa shape index (κ2) is 8.40. The number of nitrogens with two attached hydrogens (primary N) is 1. The fourth-order valence-corrected chi connectivity index (χ4v) is 4.00.